The predicted octanol–water partition coefficient (Wildman–Crippen LogP) is 12.8. The summed E-state index contributed by atoms with van der Waals surface area (Å²) in [5.41, 5.74) is 6.87. The van der Waals surface area contributed by atoms with E-state index in [0.717, 1.165) is 44.1 Å². The van der Waals surface area contributed by atoms with E-state index in [1.807, 2.05) is 54.1 Å². The molecule has 2 aromatic heterocycles. The van der Waals surface area contributed by atoms with Gasteiger partial charge in [-0.05, 0) is 115 Å². The molecule has 0 saturated heterocycles. The fourth-order valence-electron chi connectivity index (χ4n) is 8.82. The molecule has 0 amide bonds. The summed E-state index contributed by atoms with van der Waals surface area (Å²) < 4.78 is 59.0. The Morgan fingerprint density at radius 1 is 0.825 bits per heavy atom. The number of hydrogen-bond donors (Lipinski definition) is 0. The van der Waals surface area contributed by atoms with Gasteiger partial charge in [0.25, 0.3) is 0 Å². The van der Waals surface area contributed by atoms with Gasteiger partial charge in [-0.2, -0.15) is 6.07 Å². The van der Waals surface area contributed by atoms with Gasteiger partial charge in [0.1, 0.15) is 17.3 Å². The minimum absolute atomic E-state index is 0. The van der Waals surface area contributed by atoms with Crippen molar-refractivity contribution in [2.45, 2.75) is 137 Å². The quantitative estimate of drug-likeness (QED) is 0.165. The molecule has 1 aliphatic carbocycles. The normalized spacial score (nSPS) is 21.9. The number of rotatable bonds is 4. The number of hydrogen-bond acceptors (Lipinski definition) is 4. The molecule has 3 heterocycles. The number of aliphatic imine (C=N–C) groups is 1. The number of aromatic nitrogens is 2. The summed E-state index contributed by atoms with van der Waals surface area (Å²) in [7, 11) is 0. The second-order valence-electron chi connectivity index (χ2n) is 19.3. The number of fused-ring (bicyclic) bond motifs is 6. The standard InChI is InChI=1S/C51H57N3O2.Pt/c1-30-15-18-42-40(23-30)39-17-16-36(29-43(39)54(42)44-28-34(20-22-52-44)47(4,5)6)55-37-26-33(25-35(27-37)48(7,8)9)46-53-50(13)21-19-38-32(3)45(49(10,11)12)31(2)24-41(38)51(50,14)56-46;/h15-18,20,22-25,27-28H,19,21H2,1-14H3;/q-2;+2/t50-,51+;/m1./s1/i1D3,19D2;. The first-order valence-corrected chi connectivity index (χ1v) is 19.7. The van der Waals surface area contributed by atoms with Crippen molar-refractivity contribution < 1.29 is 37.4 Å². The van der Waals surface area contributed by atoms with Crippen LogP contribution in [0.15, 0.2) is 71.9 Å². The molecule has 8 rings (SSSR count). The van der Waals surface area contributed by atoms with Crippen LogP contribution in [0.2, 0.25) is 0 Å². The molecule has 2 aliphatic rings. The van der Waals surface area contributed by atoms with E-state index in [2.05, 4.69) is 107 Å². The molecule has 5 nitrogen and oxygen atoms in total. The molecule has 0 bridgehead atoms. The monoisotopic (exact) mass is 943 g/mol. The van der Waals surface area contributed by atoms with Gasteiger partial charge >= 0.3 is 21.1 Å². The summed E-state index contributed by atoms with van der Waals surface area (Å²) in [6.07, 6.45) is 0.332. The van der Waals surface area contributed by atoms with Crippen molar-refractivity contribution >= 4 is 27.7 Å². The summed E-state index contributed by atoms with van der Waals surface area (Å²) >= 11 is 0. The van der Waals surface area contributed by atoms with Crippen LogP contribution < -0.4 is 4.74 Å². The van der Waals surface area contributed by atoms with Gasteiger partial charge in [0.2, 0.25) is 0 Å². The van der Waals surface area contributed by atoms with E-state index in [1.165, 1.54) is 5.56 Å². The van der Waals surface area contributed by atoms with E-state index in [0.29, 0.717) is 39.9 Å². The van der Waals surface area contributed by atoms with Crippen molar-refractivity contribution in [2.75, 3.05) is 0 Å². The van der Waals surface area contributed by atoms with Crippen LogP contribution in [0.4, 0.5) is 0 Å². The second kappa shape index (κ2) is 13.7. The zero-order valence-electron chi connectivity index (χ0n) is 40.5. The van der Waals surface area contributed by atoms with Crippen molar-refractivity contribution in [3.63, 3.8) is 0 Å². The third kappa shape index (κ3) is 6.86. The molecular formula is C51H57N3O2Pt. The maximum Gasteiger partial charge on any atom is 2.00 e. The first-order valence-electron chi connectivity index (χ1n) is 22.2. The Hall–Kier alpha value is -4.21. The van der Waals surface area contributed by atoms with Crippen LogP contribution in [0, 0.1) is 32.8 Å². The van der Waals surface area contributed by atoms with Crippen LogP contribution in [0.25, 0.3) is 27.6 Å². The molecule has 2 atom stereocenters. The Labute approximate surface area is 361 Å². The SMILES string of the molecule is [2H]C([2H])([2H])c1ccc2c(c1)c1ccc(Oc3[c-]c(C4=N[C@]5(C)CC([2H])([2H])c6c(cc(C)c(C(C)(C)C)c6C)[C@]5(C)O4)cc(C(C)(C)C)c3)[c-]c1n2-c1cc(C(C)(C)C)ccn1.[Pt+2]. The summed E-state index contributed by atoms with van der Waals surface area (Å²) in [5, 5.41) is 1.60. The Morgan fingerprint density at radius 2 is 1.56 bits per heavy atom. The minimum atomic E-state index is -2.27. The number of ether oxygens (including phenoxy) is 2. The van der Waals surface area contributed by atoms with Gasteiger partial charge < -0.3 is 14.0 Å². The first-order chi connectivity index (χ1) is 28.0. The smallest absolute Gasteiger partial charge is 0.508 e. The molecule has 57 heavy (non-hydrogen) atoms. The van der Waals surface area contributed by atoms with E-state index in [-0.39, 0.29) is 49.3 Å². The molecule has 0 unspecified atom stereocenters. The molecule has 0 N–H and O–H groups in total. The van der Waals surface area contributed by atoms with Crippen LogP contribution in [-0.4, -0.2) is 21.0 Å². The number of pyridine rings is 1. The summed E-state index contributed by atoms with van der Waals surface area (Å²) in [4.78, 5) is 10.0. The van der Waals surface area contributed by atoms with Crippen molar-refractivity contribution in [3.05, 3.63) is 129 Å². The van der Waals surface area contributed by atoms with E-state index in [4.69, 9.17) is 23.6 Å². The van der Waals surface area contributed by atoms with Crippen LogP contribution in [0.5, 0.6) is 11.5 Å². The van der Waals surface area contributed by atoms with E-state index in [9.17, 15) is 2.74 Å². The number of nitrogens with zero attached hydrogens (tertiary/aromatic N) is 3. The average Bonchev–Trinajstić information content (AvgIpc) is 3.59. The van der Waals surface area contributed by atoms with E-state index >= 15 is 0 Å². The van der Waals surface area contributed by atoms with Crippen LogP contribution in [0.1, 0.15) is 140 Å². The second-order valence-corrected chi connectivity index (χ2v) is 19.3. The summed E-state index contributed by atoms with van der Waals surface area (Å²) in [6, 6.07) is 26.3. The average molecular weight is 944 g/mol. The fourth-order valence-corrected chi connectivity index (χ4v) is 8.82. The van der Waals surface area contributed by atoms with E-state index < -0.39 is 24.4 Å². The van der Waals surface area contributed by atoms with E-state index in [1.54, 1.807) is 12.1 Å². The molecule has 0 spiro atoms. The Bertz CT molecular complexity index is 2820. The number of benzene rings is 4. The summed E-state index contributed by atoms with van der Waals surface area (Å²) in [6.45, 7) is 25.4. The largest absolute Gasteiger partial charge is 2.00 e. The van der Waals surface area contributed by atoms with Gasteiger partial charge in [0.15, 0.2) is 0 Å². The predicted molar refractivity (Wildman–Crippen MR) is 231 cm³/mol. The topological polar surface area (TPSA) is 48.6 Å². The first kappa shape index (κ1) is 34.8. The van der Waals surface area contributed by atoms with Crippen molar-refractivity contribution in [1.29, 1.82) is 0 Å². The van der Waals surface area contributed by atoms with Crippen molar-refractivity contribution in [1.82, 2.24) is 9.55 Å². The van der Waals surface area contributed by atoms with Crippen LogP contribution in [-0.2, 0) is 54.0 Å². The summed E-state index contributed by atoms with van der Waals surface area (Å²) in [5.74, 6) is 1.98. The molecule has 4 aromatic carbocycles. The van der Waals surface area contributed by atoms with Crippen molar-refractivity contribution in [3.8, 4) is 17.3 Å². The third-order valence-electron chi connectivity index (χ3n) is 12.0. The maximum absolute atomic E-state index is 9.45. The molecule has 1 aliphatic heterocycles. The zero-order valence-corrected chi connectivity index (χ0v) is 37.8. The Balaban J connectivity index is 0.00000578. The molecule has 6 aromatic rings. The van der Waals surface area contributed by atoms with Gasteiger partial charge in [0.05, 0.1) is 5.54 Å². The van der Waals surface area contributed by atoms with Crippen molar-refractivity contribution in [2.24, 2.45) is 4.99 Å². The fraction of sp³-hybridized carbons (Fsp3) is 0.412. The molecule has 298 valence electrons. The third-order valence-corrected chi connectivity index (χ3v) is 12.0. The molecule has 0 saturated carbocycles. The maximum atomic E-state index is 9.45. The number of aryl methyl sites for hydroxylation is 2. The zero-order chi connectivity index (χ0) is 44.6. The van der Waals surface area contributed by atoms with Gasteiger partial charge in [-0.25, -0.2) is 4.98 Å². The minimum Gasteiger partial charge on any atom is -0.508 e. The van der Waals surface area contributed by atoms with Gasteiger partial charge in [-0.1, -0.05) is 109 Å². The van der Waals surface area contributed by atoms with Gasteiger partial charge in [-0.3, -0.25) is 4.99 Å². The molecular weight excluding hydrogens is 882 g/mol. The Kier molecular flexibility index (Phi) is 8.36. The molecule has 0 radical (unpaired) electrons. The molecule has 0 fully saturated rings. The molecule has 6 heteroatoms. The van der Waals surface area contributed by atoms with Gasteiger partial charge in [0, 0.05) is 35.6 Å². The van der Waals surface area contributed by atoms with Crippen LogP contribution in [0.3, 0.4) is 0 Å². The van der Waals surface area contributed by atoms with Gasteiger partial charge in [-0.15, -0.1) is 29.1 Å². The Morgan fingerprint density at radius 3 is 2.25 bits per heavy atom. The van der Waals surface area contributed by atoms with Crippen LogP contribution >= 0.6 is 0 Å².